The van der Waals surface area contributed by atoms with Crippen LogP contribution in [0.1, 0.15) is 32.1 Å². The topological polar surface area (TPSA) is 70.9 Å². The van der Waals surface area contributed by atoms with Gasteiger partial charge in [-0.2, -0.15) is 8.73 Å². The first-order valence-electron chi connectivity index (χ1n) is 6.95. The predicted octanol–water partition coefficient (Wildman–Crippen LogP) is 3.79. The maximum Gasteiger partial charge on any atom is 0.243 e. The Balaban J connectivity index is 1.88. The number of sulfonamides is 1. The van der Waals surface area contributed by atoms with Gasteiger partial charge in [0, 0.05) is 10.9 Å². The van der Waals surface area contributed by atoms with Crippen LogP contribution in [-0.4, -0.2) is 19.3 Å². The van der Waals surface area contributed by atoms with Gasteiger partial charge in [-0.25, -0.2) is 13.1 Å². The Hall–Kier alpha value is -0.570. The summed E-state index contributed by atoms with van der Waals surface area (Å²) in [4.78, 5) is 0.403. The highest BCUT2D eigenvalue weighted by Gasteiger charge is 2.29. The minimum Gasteiger partial charge on any atom is -0.207 e. The van der Waals surface area contributed by atoms with Crippen LogP contribution < -0.4 is 4.72 Å². The summed E-state index contributed by atoms with van der Waals surface area (Å²) in [5.74, 6) is 0. The standard InChI is InChI=1S/C13H16BrN3O2S2/c14-9-5-2-1-3-6-10(9)17-21(18,19)12-8-4-7-11-13(12)16-20-15-11/h4,7-10,17H,1-3,5-6H2. The molecule has 1 heterocycles. The van der Waals surface area contributed by atoms with Gasteiger partial charge in [0.25, 0.3) is 0 Å². The largest absolute Gasteiger partial charge is 0.243 e. The van der Waals surface area contributed by atoms with Crippen LogP contribution in [0.4, 0.5) is 11.4 Å². The van der Waals surface area contributed by atoms with Crippen LogP contribution in [0.25, 0.3) is 0 Å². The van der Waals surface area contributed by atoms with E-state index in [0.29, 0.717) is 11.4 Å². The Morgan fingerprint density at radius 1 is 1.19 bits per heavy atom. The molecule has 5 nitrogen and oxygen atoms in total. The first-order valence-corrected chi connectivity index (χ1v) is 10.1. The maximum absolute atomic E-state index is 12.7. The molecule has 1 saturated carbocycles. The second kappa shape index (κ2) is 6.28. The SMILES string of the molecule is O=S(=O)(NC1CCCCCC1Br)c1cccc2c1N=S=N2. The number of benzene rings is 1. The van der Waals surface area contributed by atoms with Gasteiger partial charge >= 0.3 is 0 Å². The Bertz CT molecular complexity index is 714. The summed E-state index contributed by atoms with van der Waals surface area (Å²) in [5, 5.41) is 0. The van der Waals surface area contributed by atoms with Crippen LogP contribution in [-0.2, 0) is 21.4 Å². The lowest BCUT2D eigenvalue weighted by molar-refractivity contribution is 0.521. The molecule has 1 fully saturated rings. The van der Waals surface area contributed by atoms with Gasteiger partial charge in [0.15, 0.2) is 0 Å². The Kier molecular flexibility index (Phi) is 4.58. The third kappa shape index (κ3) is 3.28. The minimum atomic E-state index is -3.58. The molecule has 0 bridgehead atoms. The van der Waals surface area contributed by atoms with Crippen molar-refractivity contribution < 1.29 is 8.42 Å². The maximum atomic E-state index is 12.7. The number of nitrogens with one attached hydrogen (secondary N) is 1. The second-order valence-corrected chi connectivity index (χ2v) is 8.66. The zero-order valence-electron chi connectivity index (χ0n) is 11.3. The minimum absolute atomic E-state index is 0.0700. The van der Waals surface area contributed by atoms with E-state index in [0.717, 1.165) is 43.5 Å². The van der Waals surface area contributed by atoms with E-state index in [-0.39, 0.29) is 15.8 Å². The van der Waals surface area contributed by atoms with Gasteiger partial charge in [0.1, 0.15) is 16.3 Å². The highest BCUT2D eigenvalue weighted by Crippen LogP contribution is 2.37. The molecule has 0 saturated heterocycles. The normalized spacial score (nSPS) is 25.2. The Morgan fingerprint density at radius 3 is 2.86 bits per heavy atom. The van der Waals surface area contributed by atoms with Crippen molar-refractivity contribution in [3.05, 3.63) is 18.2 Å². The van der Waals surface area contributed by atoms with Crippen LogP contribution in [0.15, 0.2) is 31.8 Å². The summed E-state index contributed by atoms with van der Waals surface area (Å²) in [7, 11) is -3.58. The zero-order valence-corrected chi connectivity index (χ0v) is 14.5. The van der Waals surface area contributed by atoms with Crippen molar-refractivity contribution in [2.45, 2.75) is 47.9 Å². The molecule has 2 atom stereocenters. The van der Waals surface area contributed by atoms with Gasteiger partial charge in [0.05, 0.1) is 11.4 Å². The van der Waals surface area contributed by atoms with Crippen LogP contribution >= 0.6 is 15.9 Å². The van der Waals surface area contributed by atoms with Crippen LogP contribution in [0.5, 0.6) is 0 Å². The monoisotopic (exact) mass is 389 g/mol. The van der Waals surface area contributed by atoms with Crippen molar-refractivity contribution in [2.24, 2.45) is 8.73 Å². The van der Waals surface area contributed by atoms with Crippen molar-refractivity contribution in [3.8, 4) is 0 Å². The van der Waals surface area contributed by atoms with Crippen LogP contribution in [0.2, 0.25) is 0 Å². The molecule has 1 aromatic rings. The van der Waals surface area contributed by atoms with Crippen molar-refractivity contribution in [1.29, 1.82) is 0 Å². The van der Waals surface area contributed by atoms with Gasteiger partial charge < -0.3 is 0 Å². The number of halogens is 1. The van der Waals surface area contributed by atoms with E-state index >= 15 is 0 Å². The van der Waals surface area contributed by atoms with Crippen LogP contribution in [0, 0.1) is 0 Å². The van der Waals surface area contributed by atoms with E-state index in [9.17, 15) is 8.42 Å². The molecular formula is C13H16BrN3O2S2. The summed E-state index contributed by atoms with van der Waals surface area (Å²) >= 11 is 4.65. The molecule has 2 aliphatic rings. The summed E-state index contributed by atoms with van der Waals surface area (Å²) < 4.78 is 36.4. The van der Waals surface area contributed by atoms with Crippen molar-refractivity contribution in [3.63, 3.8) is 0 Å². The molecule has 8 heteroatoms. The first kappa shape index (κ1) is 15.3. The molecule has 0 spiro atoms. The molecule has 0 aromatic heterocycles. The van der Waals surface area contributed by atoms with E-state index in [1.54, 1.807) is 18.2 Å². The fourth-order valence-electron chi connectivity index (χ4n) is 2.66. The number of hydrogen-bond acceptors (Lipinski definition) is 4. The fraction of sp³-hybridized carbons (Fsp3) is 0.538. The molecule has 1 aromatic carbocycles. The zero-order chi connectivity index (χ0) is 14.9. The smallest absolute Gasteiger partial charge is 0.207 e. The highest BCUT2D eigenvalue weighted by atomic mass is 79.9. The molecule has 0 radical (unpaired) electrons. The van der Waals surface area contributed by atoms with Crippen molar-refractivity contribution in [1.82, 2.24) is 4.72 Å². The average Bonchev–Trinajstić information content (AvgIpc) is 2.85. The summed E-state index contributed by atoms with van der Waals surface area (Å²) in [6.07, 6.45) is 5.21. The number of rotatable bonds is 3. The van der Waals surface area contributed by atoms with E-state index in [1.165, 1.54) is 0 Å². The van der Waals surface area contributed by atoms with E-state index in [2.05, 4.69) is 29.4 Å². The summed E-state index contributed by atoms with van der Waals surface area (Å²) in [5.41, 5.74) is 1.08. The predicted molar refractivity (Wildman–Crippen MR) is 87.9 cm³/mol. The number of fused-ring (bicyclic) bond motifs is 1. The third-order valence-electron chi connectivity index (χ3n) is 3.78. The number of hydrogen-bond donors (Lipinski definition) is 1. The summed E-state index contributed by atoms with van der Waals surface area (Å²) in [6, 6.07) is 5.00. The highest BCUT2D eigenvalue weighted by molar-refractivity contribution is 9.09. The quantitative estimate of drug-likeness (QED) is 0.640. The first-order chi connectivity index (χ1) is 10.1. The summed E-state index contributed by atoms with van der Waals surface area (Å²) in [6.45, 7) is 0. The van der Waals surface area contributed by atoms with Crippen molar-refractivity contribution in [2.75, 3.05) is 0 Å². The van der Waals surface area contributed by atoms with E-state index in [1.807, 2.05) is 0 Å². The fourth-order valence-corrected chi connectivity index (χ4v) is 5.63. The molecule has 21 heavy (non-hydrogen) atoms. The Labute approximate surface area is 136 Å². The molecular weight excluding hydrogens is 374 g/mol. The van der Waals surface area contributed by atoms with E-state index < -0.39 is 10.0 Å². The second-order valence-electron chi connectivity index (χ2n) is 5.27. The Morgan fingerprint density at radius 2 is 2.00 bits per heavy atom. The lowest BCUT2D eigenvalue weighted by atomic mass is 10.1. The third-order valence-corrected chi connectivity index (χ3v) is 6.94. The van der Waals surface area contributed by atoms with Gasteiger partial charge in [-0.1, -0.05) is 41.3 Å². The van der Waals surface area contributed by atoms with Crippen LogP contribution in [0.3, 0.4) is 0 Å². The van der Waals surface area contributed by atoms with Crippen molar-refractivity contribution >= 4 is 48.7 Å². The lowest BCUT2D eigenvalue weighted by Crippen LogP contribution is -2.40. The molecule has 114 valence electrons. The molecule has 1 aliphatic carbocycles. The number of nitrogens with zero attached hydrogens (tertiary/aromatic N) is 2. The van der Waals surface area contributed by atoms with Gasteiger partial charge in [0.2, 0.25) is 10.0 Å². The molecule has 1 aliphatic heterocycles. The molecule has 1 N–H and O–H groups in total. The average molecular weight is 390 g/mol. The van der Waals surface area contributed by atoms with E-state index in [4.69, 9.17) is 0 Å². The van der Waals surface area contributed by atoms with Gasteiger partial charge in [-0.05, 0) is 25.0 Å². The van der Waals surface area contributed by atoms with Gasteiger partial charge in [-0.15, -0.1) is 0 Å². The van der Waals surface area contributed by atoms with Gasteiger partial charge in [-0.3, -0.25) is 0 Å². The number of alkyl halides is 1. The lowest BCUT2D eigenvalue weighted by Gasteiger charge is -2.21. The molecule has 3 rings (SSSR count). The molecule has 2 unspecified atom stereocenters. The molecule has 0 amide bonds.